The second-order valence-corrected chi connectivity index (χ2v) is 5.34. The van der Waals surface area contributed by atoms with Crippen molar-refractivity contribution in [2.75, 3.05) is 11.9 Å². The van der Waals surface area contributed by atoms with Crippen LogP contribution in [0.2, 0.25) is 10.0 Å². The first kappa shape index (κ1) is 16.8. The molecule has 2 unspecified atom stereocenters. The lowest BCUT2D eigenvalue weighted by molar-refractivity contribution is -0.136. The van der Waals surface area contributed by atoms with Crippen LogP contribution < -0.4 is 10.6 Å². The molecule has 0 aliphatic heterocycles. The zero-order chi connectivity index (χ0) is 15.3. The number of hydrogen-bond donors (Lipinski definition) is 3. The summed E-state index contributed by atoms with van der Waals surface area (Å²) >= 11 is 11.7. The molecule has 1 aromatic rings. The summed E-state index contributed by atoms with van der Waals surface area (Å²) < 4.78 is 0. The number of halogens is 2. The normalized spacial score (nSPS) is 13.4. The molecule has 0 fully saturated rings. The first-order valence-electron chi connectivity index (χ1n) is 6.03. The predicted molar refractivity (Wildman–Crippen MR) is 78.9 cm³/mol. The van der Waals surface area contributed by atoms with E-state index in [2.05, 4.69) is 10.6 Å². The van der Waals surface area contributed by atoms with Crippen LogP contribution in [0.3, 0.4) is 0 Å². The molecule has 7 heteroatoms. The number of anilines is 1. The number of carbonyl (C=O) groups excluding carboxylic acids is 2. The molecule has 0 aliphatic rings. The molecule has 2 amide bonds. The van der Waals surface area contributed by atoms with Gasteiger partial charge in [0.25, 0.3) is 0 Å². The van der Waals surface area contributed by atoms with E-state index in [0.717, 1.165) is 0 Å². The number of rotatable bonds is 4. The summed E-state index contributed by atoms with van der Waals surface area (Å²) in [5.74, 6) is -1.79. The van der Waals surface area contributed by atoms with Crippen molar-refractivity contribution in [3.63, 3.8) is 0 Å². The van der Waals surface area contributed by atoms with Crippen LogP contribution in [0.1, 0.15) is 13.8 Å². The van der Waals surface area contributed by atoms with Gasteiger partial charge in [0.1, 0.15) is 0 Å². The van der Waals surface area contributed by atoms with Gasteiger partial charge in [-0.25, -0.2) is 0 Å². The summed E-state index contributed by atoms with van der Waals surface area (Å²) in [7, 11) is 0. The van der Waals surface area contributed by atoms with Gasteiger partial charge in [-0.15, -0.1) is 0 Å². The maximum absolute atomic E-state index is 11.7. The second-order valence-electron chi connectivity index (χ2n) is 4.50. The van der Waals surface area contributed by atoms with E-state index >= 15 is 0 Å². The van der Waals surface area contributed by atoms with Crippen molar-refractivity contribution in [2.45, 2.75) is 19.9 Å². The molecule has 5 nitrogen and oxygen atoms in total. The molecule has 1 rings (SSSR count). The summed E-state index contributed by atoms with van der Waals surface area (Å²) in [4.78, 5) is 23.4. The molecular weight excluding hydrogens is 303 g/mol. The van der Waals surface area contributed by atoms with E-state index in [0.29, 0.717) is 5.02 Å². The summed E-state index contributed by atoms with van der Waals surface area (Å²) in [5, 5.41) is 14.5. The summed E-state index contributed by atoms with van der Waals surface area (Å²) in [6.45, 7) is 3.39. The Kier molecular flexibility index (Phi) is 6.26. The van der Waals surface area contributed by atoms with E-state index in [1.165, 1.54) is 12.1 Å². The fourth-order valence-electron chi connectivity index (χ4n) is 1.35. The average Bonchev–Trinajstić information content (AvgIpc) is 2.41. The van der Waals surface area contributed by atoms with Gasteiger partial charge in [0, 0.05) is 17.7 Å². The highest BCUT2D eigenvalue weighted by Gasteiger charge is 2.20. The molecule has 2 atom stereocenters. The number of aliphatic hydroxyl groups excluding tert-OH is 1. The van der Waals surface area contributed by atoms with Crippen LogP contribution in [0.4, 0.5) is 5.69 Å². The van der Waals surface area contributed by atoms with E-state index in [1.54, 1.807) is 19.9 Å². The van der Waals surface area contributed by atoms with Crippen LogP contribution in [0, 0.1) is 5.92 Å². The molecule has 0 heterocycles. The monoisotopic (exact) mass is 318 g/mol. The highest BCUT2D eigenvalue weighted by molar-refractivity contribution is 6.42. The van der Waals surface area contributed by atoms with E-state index in [4.69, 9.17) is 28.3 Å². The summed E-state index contributed by atoms with van der Waals surface area (Å²) in [5.41, 5.74) is 0.266. The lowest BCUT2D eigenvalue weighted by Crippen LogP contribution is -2.44. The average molecular weight is 319 g/mol. The maximum atomic E-state index is 11.7. The highest BCUT2D eigenvalue weighted by Crippen LogP contribution is 2.25. The SMILES string of the molecule is CC(CO)C(C)NC(=O)C(=O)Nc1cc(Cl)ccc1Cl. The van der Waals surface area contributed by atoms with Crippen LogP contribution >= 0.6 is 23.2 Å². The molecule has 0 saturated heterocycles. The van der Waals surface area contributed by atoms with Crippen LogP contribution in [0.15, 0.2) is 18.2 Å². The minimum Gasteiger partial charge on any atom is -0.396 e. The molecule has 1 aromatic carbocycles. The van der Waals surface area contributed by atoms with Crippen LogP contribution in [-0.2, 0) is 9.59 Å². The van der Waals surface area contributed by atoms with Gasteiger partial charge >= 0.3 is 11.8 Å². The standard InChI is InChI=1S/C13H16Cl2N2O3/c1-7(6-18)8(2)16-12(19)13(20)17-11-5-9(14)3-4-10(11)15/h3-5,7-8,18H,6H2,1-2H3,(H,16,19)(H,17,20). The zero-order valence-electron chi connectivity index (χ0n) is 11.1. The third-order valence-corrected chi connectivity index (χ3v) is 3.45. The van der Waals surface area contributed by atoms with Gasteiger partial charge in [-0.1, -0.05) is 30.1 Å². The number of benzene rings is 1. The van der Waals surface area contributed by atoms with Gasteiger partial charge in [0.15, 0.2) is 0 Å². The fourth-order valence-corrected chi connectivity index (χ4v) is 1.68. The Balaban J connectivity index is 2.66. The first-order chi connectivity index (χ1) is 9.35. The van der Waals surface area contributed by atoms with Gasteiger partial charge < -0.3 is 15.7 Å². The molecule has 0 spiro atoms. The quantitative estimate of drug-likeness (QED) is 0.743. The van der Waals surface area contributed by atoms with Crippen LogP contribution in [0.5, 0.6) is 0 Å². The number of hydrogen-bond acceptors (Lipinski definition) is 3. The number of nitrogens with one attached hydrogen (secondary N) is 2. The van der Waals surface area contributed by atoms with Crippen molar-refractivity contribution in [3.05, 3.63) is 28.2 Å². The molecule has 110 valence electrons. The van der Waals surface area contributed by atoms with Crippen molar-refractivity contribution < 1.29 is 14.7 Å². The third kappa shape index (κ3) is 4.67. The van der Waals surface area contributed by atoms with E-state index in [-0.39, 0.29) is 29.3 Å². The molecule has 0 radical (unpaired) electrons. The Hall–Kier alpha value is -1.30. The molecule has 0 bridgehead atoms. The lowest BCUT2D eigenvalue weighted by atomic mass is 10.1. The maximum Gasteiger partial charge on any atom is 0.313 e. The third-order valence-electron chi connectivity index (χ3n) is 2.88. The van der Waals surface area contributed by atoms with Gasteiger partial charge in [-0.3, -0.25) is 9.59 Å². The van der Waals surface area contributed by atoms with Crippen molar-refractivity contribution in [2.24, 2.45) is 5.92 Å². The molecule has 0 aromatic heterocycles. The van der Waals surface area contributed by atoms with E-state index in [1.807, 2.05) is 0 Å². The Labute approximate surface area is 127 Å². The summed E-state index contributed by atoms with van der Waals surface area (Å²) in [6, 6.07) is 4.22. The number of carbonyl (C=O) groups is 2. The van der Waals surface area contributed by atoms with Crippen molar-refractivity contribution in [1.82, 2.24) is 5.32 Å². The molecule has 20 heavy (non-hydrogen) atoms. The Morgan fingerprint density at radius 3 is 2.50 bits per heavy atom. The topological polar surface area (TPSA) is 78.4 Å². The minimum absolute atomic E-state index is 0.0802. The molecule has 0 aliphatic carbocycles. The van der Waals surface area contributed by atoms with Gasteiger partial charge in [-0.05, 0) is 31.0 Å². The predicted octanol–water partition coefficient (Wildman–Crippen LogP) is 2.06. The largest absolute Gasteiger partial charge is 0.396 e. The Morgan fingerprint density at radius 1 is 1.25 bits per heavy atom. The summed E-state index contributed by atoms with van der Waals surface area (Å²) in [6.07, 6.45) is 0. The second kappa shape index (κ2) is 7.47. The van der Waals surface area contributed by atoms with E-state index in [9.17, 15) is 9.59 Å². The minimum atomic E-state index is -0.842. The Bertz CT molecular complexity index is 508. The van der Waals surface area contributed by atoms with Crippen molar-refractivity contribution in [1.29, 1.82) is 0 Å². The fraction of sp³-hybridized carbons (Fsp3) is 0.385. The van der Waals surface area contributed by atoms with E-state index < -0.39 is 11.8 Å². The first-order valence-corrected chi connectivity index (χ1v) is 6.78. The van der Waals surface area contributed by atoms with Gasteiger partial charge in [0.05, 0.1) is 10.7 Å². The van der Waals surface area contributed by atoms with Gasteiger partial charge in [0.2, 0.25) is 0 Å². The molecule has 3 N–H and O–H groups in total. The number of aliphatic hydroxyl groups is 1. The van der Waals surface area contributed by atoms with Crippen molar-refractivity contribution >= 4 is 40.7 Å². The number of amides is 2. The van der Waals surface area contributed by atoms with Crippen molar-refractivity contribution in [3.8, 4) is 0 Å². The Morgan fingerprint density at radius 2 is 1.90 bits per heavy atom. The molecule has 0 saturated carbocycles. The lowest BCUT2D eigenvalue weighted by Gasteiger charge is -2.18. The molecular formula is C13H16Cl2N2O3. The highest BCUT2D eigenvalue weighted by atomic mass is 35.5. The van der Waals surface area contributed by atoms with Gasteiger partial charge in [-0.2, -0.15) is 0 Å². The smallest absolute Gasteiger partial charge is 0.313 e. The zero-order valence-corrected chi connectivity index (χ0v) is 12.6. The van der Waals surface area contributed by atoms with Crippen LogP contribution in [0.25, 0.3) is 0 Å². The van der Waals surface area contributed by atoms with Crippen LogP contribution in [-0.4, -0.2) is 29.6 Å².